The predicted octanol–water partition coefficient (Wildman–Crippen LogP) is 3.55. The third kappa shape index (κ3) is 4.20. The summed E-state index contributed by atoms with van der Waals surface area (Å²) in [6.07, 6.45) is 0. The Morgan fingerprint density at radius 2 is 1.93 bits per heavy atom. The van der Waals surface area contributed by atoms with Gasteiger partial charge in [0.05, 0.1) is 0 Å². The Morgan fingerprint density at radius 1 is 1.10 bits per heavy atom. The van der Waals surface area contributed by atoms with E-state index in [4.69, 9.17) is 9.47 Å². The Bertz CT molecular complexity index is 1140. The van der Waals surface area contributed by atoms with Gasteiger partial charge in [-0.3, -0.25) is 9.52 Å². The van der Waals surface area contributed by atoms with Crippen molar-refractivity contribution in [3.05, 3.63) is 71.1 Å². The summed E-state index contributed by atoms with van der Waals surface area (Å²) >= 11 is 1.13. The Balaban J connectivity index is 1.48. The lowest BCUT2D eigenvalue weighted by Crippen LogP contribution is -2.26. The normalized spacial score (nSPS) is 12.6. The molecule has 1 aliphatic rings. The standard InChI is InChI=1S/C20H18N2O5S2/c1-22(12-14-7-8-17-18(10-14)27-13-26-17)20(23)15-4-2-5-16(11-15)21-29(24,25)19-6-3-9-28-19/h2-11,21H,12-13H2,1H3. The number of nitrogens with zero attached hydrogens (tertiary/aromatic N) is 1. The second kappa shape index (κ2) is 7.76. The molecule has 3 aromatic rings. The van der Waals surface area contributed by atoms with E-state index in [0.717, 1.165) is 16.9 Å². The molecule has 150 valence electrons. The van der Waals surface area contributed by atoms with E-state index >= 15 is 0 Å². The van der Waals surface area contributed by atoms with Gasteiger partial charge in [-0.15, -0.1) is 11.3 Å². The maximum absolute atomic E-state index is 12.8. The minimum Gasteiger partial charge on any atom is -0.454 e. The monoisotopic (exact) mass is 430 g/mol. The quantitative estimate of drug-likeness (QED) is 0.647. The average Bonchev–Trinajstić information content (AvgIpc) is 3.39. The van der Waals surface area contributed by atoms with Crippen molar-refractivity contribution in [2.24, 2.45) is 0 Å². The average molecular weight is 431 g/mol. The number of rotatable bonds is 6. The third-order valence-electron chi connectivity index (χ3n) is 4.33. The first-order valence-electron chi connectivity index (χ1n) is 8.73. The molecule has 0 spiro atoms. The van der Waals surface area contributed by atoms with E-state index in [1.165, 1.54) is 12.1 Å². The molecule has 0 atom stereocenters. The van der Waals surface area contributed by atoms with E-state index in [9.17, 15) is 13.2 Å². The summed E-state index contributed by atoms with van der Waals surface area (Å²) in [4.78, 5) is 14.4. The molecule has 0 unspecified atom stereocenters. The first-order chi connectivity index (χ1) is 13.9. The number of amides is 1. The highest BCUT2D eigenvalue weighted by Crippen LogP contribution is 2.32. The lowest BCUT2D eigenvalue weighted by Gasteiger charge is -2.18. The minimum atomic E-state index is -3.67. The Hall–Kier alpha value is -3.04. The first-order valence-corrected chi connectivity index (χ1v) is 11.1. The molecule has 29 heavy (non-hydrogen) atoms. The summed E-state index contributed by atoms with van der Waals surface area (Å²) < 4.78 is 38.2. The van der Waals surface area contributed by atoms with Gasteiger partial charge < -0.3 is 14.4 Å². The lowest BCUT2D eigenvalue weighted by atomic mass is 10.1. The first kappa shape index (κ1) is 19.3. The molecule has 0 saturated carbocycles. The van der Waals surface area contributed by atoms with Crippen LogP contribution in [0.4, 0.5) is 5.69 Å². The van der Waals surface area contributed by atoms with Gasteiger partial charge in [0.1, 0.15) is 4.21 Å². The fraction of sp³-hybridized carbons (Fsp3) is 0.150. The SMILES string of the molecule is CN(Cc1ccc2c(c1)OCO2)C(=O)c1cccc(NS(=O)(=O)c2cccs2)c1. The summed E-state index contributed by atoms with van der Waals surface area (Å²) in [5.74, 6) is 1.13. The Morgan fingerprint density at radius 3 is 2.72 bits per heavy atom. The van der Waals surface area contributed by atoms with Crippen LogP contribution in [0, 0.1) is 0 Å². The second-order valence-electron chi connectivity index (χ2n) is 6.47. The molecule has 9 heteroatoms. The fourth-order valence-corrected chi connectivity index (χ4v) is 4.99. The van der Waals surface area contributed by atoms with Crippen molar-refractivity contribution in [3.8, 4) is 11.5 Å². The maximum Gasteiger partial charge on any atom is 0.271 e. The van der Waals surface area contributed by atoms with Gasteiger partial charge in [-0.1, -0.05) is 18.2 Å². The van der Waals surface area contributed by atoms with Crippen LogP contribution in [0.25, 0.3) is 0 Å². The lowest BCUT2D eigenvalue weighted by molar-refractivity contribution is 0.0785. The summed E-state index contributed by atoms with van der Waals surface area (Å²) in [5.41, 5.74) is 1.63. The topological polar surface area (TPSA) is 84.9 Å². The number of carbonyl (C=O) groups excluding carboxylic acids is 1. The molecule has 4 rings (SSSR count). The number of fused-ring (bicyclic) bond motifs is 1. The Labute approximate surface area is 172 Å². The van der Waals surface area contributed by atoms with Crippen molar-refractivity contribution in [2.45, 2.75) is 10.8 Å². The van der Waals surface area contributed by atoms with Crippen LogP contribution in [0.15, 0.2) is 64.2 Å². The number of thiophene rings is 1. The smallest absolute Gasteiger partial charge is 0.271 e. The van der Waals surface area contributed by atoms with Crippen LogP contribution in [0.5, 0.6) is 11.5 Å². The van der Waals surface area contributed by atoms with Gasteiger partial charge in [0, 0.05) is 24.8 Å². The zero-order valence-corrected chi connectivity index (χ0v) is 17.1. The van der Waals surface area contributed by atoms with Gasteiger partial charge in [-0.05, 0) is 47.3 Å². The molecule has 0 radical (unpaired) electrons. The number of hydrogen-bond donors (Lipinski definition) is 1. The van der Waals surface area contributed by atoms with Crippen LogP contribution in [0.1, 0.15) is 15.9 Å². The molecule has 0 saturated heterocycles. The maximum atomic E-state index is 12.8. The second-order valence-corrected chi connectivity index (χ2v) is 9.32. The van der Waals surface area contributed by atoms with Gasteiger partial charge in [0.2, 0.25) is 6.79 Å². The molecule has 0 bridgehead atoms. The van der Waals surface area contributed by atoms with Crippen molar-refractivity contribution >= 4 is 33.0 Å². The van der Waals surface area contributed by atoms with Gasteiger partial charge in [-0.25, -0.2) is 8.42 Å². The van der Waals surface area contributed by atoms with Gasteiger partial charge in [-0.2, -0.15) is 0 Å². The molecular weight excluding hydrogens is 412 g/mol. The number of hydrogen-bond acceptors (Lipinski definition) is 6. The number of nitrogens with one attached hydrogen (secondary N) is 1. The zero-order valence-electron chi connectivity index (χ0n) is 15.5. The third-order valence-corrected chi connectivity index (χ3v) is 7.10. The summed E-state index contributed by atoms with van der Waals surface area (Å²) in [5, 5.41) is 1.69. The highest BCUT2D eigenvalue weighted by Gasteiger charge is 2.18. The molecule has 2 heterocycles. The fourth-order valence-electron chi connectivity index (χ4n) is 2.94. The van der Waals surface area contributed by atoms with Crippen LogP contribution in [-0.2, 0) is 16.6 Å². The number of ether oxygens (including phenoxy) is 2. The van der Waals surface area contributed by atoms with E-state index in [-0.39, 0.29) is 16.9 Å². The number of anilines is 1. The molecule has 0 aliphatic carbocycles. The van der Waals surface area contributed by atoms with Crippen molar-refractivity contribution in [2.75, 3.05) is 18.6 Å². The number of carbonyl (C=O) groups is 1. The van der Waals surface area contributed by atoms with Crippen LogP contribution in [0.3, 0.4) is 0 Å². The number of sulfonamides is 1. The van der Waals surface area contributed by atoms with Crippen LogP contribution in [0.2, 0.25) is 0 Å². The minimum absolute atomic E-state index is 0.196. The molecule has 1 N–H and O–H groups in total. The van der Waals surface area contributed by atoms with Crippen LogP contribution in [-0.4, -0.2) is 33.1 Å². The van der Waals surface area contributed by atoms with Gasteiger partial charge in [0.15, 0.2) is 11.5 Å². The van der Waals surface area contributed by atoms with Gasteiger partial charge in [0.25, 0.3) is 15.9 Å². The van der Waals surface area contributed by atoms with E-state index < -0.39 is 10.0 Å². The van der Waals surface area contributed by atoms with Crippen molar-refractivity contribution in [3.63, 3.8) is 0 Å². The molecule has 7 nitrogen and oxygen atoms in total. The van der Waals surface area contributed by atoms with E-state index in [2.05, 4.69) is 4.72 Å². The highest BCUT2D eigenvalue weighted by atomic mass is 32.2. The largest absolute Gasteiger partial charge is 0.454 e. The summed E-state index contributed by atoms with van der Waals surface area (Å²) in [7, 11) is -1.98. The summed E-state index contributed by atoms with van der Waals surface area (Å²) in [6, 6.07) is 15.2. The molecule has 2 aromatic carbocycles. The molecule has 0 fully saturated rings. The zero-order chi connectivity index (χ0) is 20.4. The van der Waals surface area contributed by atoms with E-state index in [0.29, 0.717) is 29.3 Å². The number of benzene rings is 2. The summed E-state index contributed by atoms with van der Waals surface area (Å²) in [6.45, 7) is 0.572. The van der Waals surface area contributed by atoms with Crippen LogP contribution >= 0.6 is 11.3 Å². The highest BCUT2D eigenvalue weighted by molar-refractivity contribution is 7.94. The molecule has 1 aliphatic heterocycles. The van der Waals surface area contributed by atoms with Gasteiger partial charge >= 0.3 is 0 Å². The van der Waals surface area contributed by atoms with Crippen molar-refractivity contribution in [1.82, 2.24) is 4.90 Å². The predicted molar refractivity (Wildman–Crippen MR) is 110 cm³/mol. The molecule has 1 amide bonds. The Kier molecular flexibility index (Phi) is 5.16. The molecule has 1 aromatic heterocycles. The van der Waals surface area contributed by atoms with E-state index in [1.54, 1.807) is 41.6 Å². The van der Waals surface area contributed by atoms with E-state index in [1.807, 2.05) is 18.2 Å². The van der Waals surface area contributed by atoms with Crippen molar-refractivity contribution in [1.29, 1.82) is 0 Å². The van der Waals surface area contributed by atoms with Crippen molar-refractivity contribution < 1.29 is 22.7 Å². The molecular formula is C20H18N2O5S2. The van der Waals surface area contributed by atoms with Crippen LogP contribution < -0.4 is 14.2 Å².